The third kappa shape index (κ3) is 3.23. The van der Waals surface area contributed by atoms with E-state index in [1.54, 1.807) is 14.0 Å². The largest absolute Gasteiger partial charge is 0.497 e. The molecule has 0 saturated carbocycles. The van der Waals surface area contributed by atoms with Crippen LogP contribution in [-0.2, 0) is 16.9 Å². The highest BCUT2D eigenvalue weighted by Crippen LogP contribution is 2.33. The van der Waals surface area contributed by atoms with Crippen LogP contribution in [-0.4, -0.2) is 34.1 Å². The van der Waals surface area contributed by atoms with Crippen LogP contribution < -0.4 is 10.1 Å². The Morgan fingerprint density at radius 3 is 2.74 bits per heavy atom. The molecule has 31 heavy (non-hydrogen) atoms. The third-order valence-electron chi connectivity index (χ3n) is 5.40. The molecule has 3 amide bonds. The molecule has 4 aromatic rings. The van der Waals surface area contributed by atoms with E-state index in [2.05, 4.69) is 15.5 Å². The summed E-state index contributed by atoms with van der Waals surface area (Å²) in [5, 5.41) is 10.6. The third-order valence-corrected chi connectivity index (χ3v) is 6.27. The first-order valence-corrected chi connectivity index (χ1v) is 10.4. The molecular formula is C22H18N4O4S. The van der Waals surface area contributed by atoms with Gasteiger partial charge in [0.15, 0.2) is 0 Å². The van der Waals surface area contributed by atoms with Gasteiger partial charge < -0.3 is 14.6 Å². The van der Waals surface area contributed by atoms with Gasteiger partial charge >= 0.3 is 6.03 Å². The van der Waals surface area contributed by atoms with E-state index < -0.39 is 11.6 Å². The van der Waals surface area contributed by atoms with Crippen molar-refractivity contribution >= 4 is 34.0 Å². The molecule has 1 saturated heterocycles. The number of hydrogen-bond donors (Lipinski definition) is 1. The summed E-state index contributed by atoms with van der Waals surface area (Å²) in [7, 11) is 1.62. The minimum atomic E-state index is -1.19. The highest BCUT2D eigenvalue weighted by molar-refractivity contribution is 7.13. The van der Waals surface area contributed by atoms with Crippen molar-refractivity contribution in [2.24, 2.45) is 0 Å². The lowest BCUT2D eigenvalue weighted by molar-refractivity contribution is -0.131. The molecule has 1 aliphatic heterocycles. The normalized spacial score (nSPS) is 18.6. The van der Waals surface area contributed by atoms with Gasteiger partial charge in [-0.05, 0) is 52.9 Å². The van der Waals surface area contributed by atoms with Crippen LogP contribution >= 0.6 is 11.3 Å². The van der Waals surface area contributed by atoms with E-state index in [-0.39, 0.29) is 18.3 Å². The molecule has 156 valence electrons. The van der Waals surface area contributed by atoms with Gasteiger partial charge in [-0.25, -0.2) is 4.79 Å². The summed E-state index contributed by atoms with van der Waals surface area (Å²) in [5.74, 6) is 1.01. The lowest BCUT2D eigenvalue weighted by Crippen LogP contribution is -2.40. The Balaban J connectivity index is 1.42. The summed E-state index contributed by atoms with van der Waals surface area (Å²) in [6.07, 6.45) is 0. The van der Waals surface area contributed by atoms with Crippen LogP contribution in [0, 0.1) is 0 Å². The molecule has 3 heterocycles. The SMILES string of the molecule is COc1ccc2cc([C@]3(C)NC(=O)N(Cc4nc(-c5cccs5)no4)C3=O)ccc2c1. The summed E-state index contributed by atoms with van der Waals surface area (Å²) in [5.41, 5.74) is -0.502. The molecule has 1 aliphatic rings. The van der Waals surface area contributed by atoms with Crippen LogP contribution in [0.5, 0.6) is 5.75 Å². The Hall–Kier alpha value is -3.72. The zero-order valence-electron chi connectivity index (χ0n) is 16.8. The number of thiophene rings is 1. The van der Waals surface area contributed by atoms with Crippen molar-refractivity contribution < 1.29 is 18.8 Å². The number of rotatable bonds is 5. The second-order valence-electron chi connectivity index (χ2n) is 7.36. The summed E-state index contributed by atoms with van der Waals surface area (Å²) in [6.45, 7) is 1.60. The van der Waals surface area contributed by atoms with Gasteiger partial charge in [-0.15, -0.1) is 11.3 Å². The standard InChI is InChI=1S/C22H18N4O4S/c1-22(15-7-5-14-11-16(29-2)8-6-13(14)10-15)20(27)26(21(28)24-22)12-18-23-19(25-30-18)17-4-3-9-31-17/h3-11H,12H2,1-2H3,(H,24,28)/t22-/m0/s1. The minimum absolute atomic E-state index is 0.0938. The zero-order valence-corrected chi connectivity index (χ0v) is 17.6. The average Bonchev–Trinajstić information content (AvgIpc) is 3.51. The van der Waals surface area contributed by atoms with E-state index >= 15 is 0 Å². The number of imide groups is 1. The molecule has 0 bridgehead atoms. The van der Waals surface area contributed by atoms with E-state index in [4.69, 9.17) is 9.26 Å². The van der Waals surface area contributed by atoms with Gasteiger partial charge in [0.25, 0.3) is 5.91 Å². The first kappa shape index (κ1) is 19.3. The molecule has 0 unspecified atom stereocenters. The average molecular weight is 434 g/mol. The van der Waals surface area contributed by atoms with Crippen molar-refractivity contribution in [1.82, 2.24) is 20.4 Å². The molecule has 9 heteroatoms. The predicted molar refractivity (Wildman–Crippen MR) is 115 cm³/mol. The predicted octanol–water partition coefficient (Wildman–Crippen LogP) is 3.93. The lowest BCUT2D eigenvalue weighted by atomic mass is 9.90. The molecule has 5 rings (SSSR count). The number of nitrogens with zero attached hydrogens (tertiary/aromatic N) is 3. The van der Waals surface area contributed by atoms with Gasteiger partial charge in [0.2, 0.25) is 11.7 Å². The summed E-state index contributed by atoms with van der Waals surface area (Å²) >= 11 is 1.48. The van der Waals surface area contributed by atoms with Crippen LogP contribution in [0.15, 0.2) is 58.4 Å². The van der Waals surface area contributed by atoms with Gasteiger partial charge in [-0.1, -0.05) is 29.4 Å². The molecule has 8 nitrogen and oxygen atoms in total. The summed E-state index contributed by atoms with van der Waals surface area (Å²) < 4.78 is 10.5. The fraction of sp³-hybridized carbons (Fsp3) is 0.182. The van der Waals surface area contributed by atoms with Crippen LogP contribution in [0.2, 0.25) is 0 Å². The van der Waals surface area contributed by atoms with Gasteiger partial charge in [0.1, 0.15) is 17.8 Å². The van der Waals surface area contributed by atoms with Crippen molar-refractivity contribution in [2.75, 3.05) is 7.11 Å². The number of carbonyl (C=O) groups excluding carboxylic acids is 2. The van der Waals surface area contributed by atoms with Gasteiger partial charge in [-0.2, -0.15) is 4.98 Å². The fourth-order valence-electron chi connectivity index (χ4n) is 3.66. The minimum Gasteiger partial charge on any atom is -0.497 e. The fourth-order valence-corrected chi connectivity index (χ4v) is 4.31. The van der Waals surface area contributed by atoms with Crippen molar-refractivity contribution in [3.63, 3.8) is 0 Å². The second-order valence-corrected chi connectivity index (χ2v) is 8.31. The summed E-state index contributed by atoms with van der Waals surface area (Å²) in [4.78, 5) is 32.2. The molecule has 0 spiro atoms. The van der Waals surface area contributed by atoms with Crippen LogP contribution in [0.1, 0.15) is 18.4 Å². The Labute approximate surface area is 181 Å². The smallest absolute Gasteiger partial charge is 0.325 e. The molecule has 1 atom stereocenters. The Morgan fingerprint density at radius 2 is 1.97 bits per heavy atom. The number of ether oxygens (including phenoxy) is 1. The zero-order chi connectivity index (χ0) is 21.6. The van der Waals surface area contributed by atoms with Gasteiger partial charge in [0, 0.05) is 0 Å². The van der Waals surface area contributed by atoms with Gasteiger partial charge in [-0.3, -0.25) is 9.69 Å². The van der Waals surface area contributed by atoms with Crippen molar-refractivity contribution in [2.45, 2.75) is 19.0 Å². The number of hydrogen-bond acceptors (Lipinski definition) is 7. The molecule has 2 aromatic heterocycles. The lowest BCUT2D eigenvalue weighted by Gasteiger charge is -2.22. The Kier molecular flexibility index (Phi) is 4.48. The Bertz CT molecular complexity index is 1300. The van der Waals surface area contributed by atoms with Gasteiger partial charge in [0.05, 0.1) is 12.0 Å². The number of nitrogens with one attached hydrogen (secondary N) is 1. The first-order valence-electron chi connectivity index (χ1n) is 9.57. The number of carbonyl (C=O) groups is 2. The molecule has 1 N–H and O–H groups in total. The number of benzene rings is 2. The molecule has 0 aliphatic carbocycles. The number of urea groups is 1. The van der Waals surface area contributed by atoms with Crippen LogP contribution in [0.25, 0.3) is 21.5 Å². The monoisotopic (exact) mass is 434 g/mol. The maximum Gasteiger partial charge on any atom is 0.325 e. The number of methoxy groups -OCH3 is 1. The van der Waals surface area contributed by atoms with Crippen molar-refractivity contribution in [3.05, 3.63) is 65.4 Å². The van der Waals surface area contributed by atoms with E-state index in [9.17, 15) is 9.59 Å². The molecule has 0 radical (unpaired) electrons. The van der Waals surface area contributed by atoms with Crippen molar-refractivity contribution in [3.8, 4) is 16.5 Å². The van der Waals surface area contributed by atoms with Crippen LogP contribution in [0.3, 0.4) is 0 Å². The number of aromatic nitrogens is 2. The molecular weight excluding hydrogens is 416 g/mol. The quantitative estimate of drug-likeness (QED) is 0.478. The van der Waals surface area contributed by atoms with E-state index in [1.165, 1.54) is 11.3 Å². The summed E-state index contributed by atoms with van der Waals surface area (Å²) in [6, 6.07) is 14.6. The van der Waals surface area contributed by atoms with Crippen LogP contribution in [0.4, 0.5) is 4.79 Å². The highest BCUT2D eigenvalue weighted by atomic mass is 32.1. The number of amides is 3. The maximum atomic E-state index is 13.2. The van der Waals surface area contributed by atoms with Crippen molar-refractivity contribution in [1.29, 1.82) is 0 Å². The second kappa shape index (κ2) is 7.21. The van der Waals surface area contributed by atoms with E-state index in [0.717, 1.165) is 26.3 Å². The van der Waals surface area contributed by atoms with E-state index in [0.29, 0.717) is 11.4 Å². The number of fused-ring (bicyclic) bond motifs is 1. The Morgan fingerprint density at radius 1 is 1.16 bits per heavy atom. The topological polar surface area (TPSA) is 97.6 Å². The molecule has 1 fully saturated rings. The van der Waals surface area contributed by atoms with E-state index in [1.807, 2.05) is 53.9 Å². The first-order chi connectivity index (χ1) is 15.0. The highest BCUT2D eigenvalue weighted by Gasteiger charge is 2.49. The molecule has 2 aromatic carbocycles. The maximum absolute atomic E-state index is 13.2.